The largest absolute Gasteiger partial charge is 0.238 e. The van der Waals surface area contributed by atoms with Gasteiger partial charge in [0.1, 0.15) is 0 Å². The second-order valence-electron chi connectivity index (χ2n) is 11.6. The third kappa shape index (κ3) is 5.62. The average molecular weight is 613 g/mol. The van der Waals surface area contributed by atoms with Crippen molar-refractivity contribution < 1.29 is 0 Å². The van der Waals surface area contributed by atoms with E-state index < -0.39 is 0 Å². The van der Waals surface area contributed by atoms with Gasteiger partial charge in [0.05, 0.1) is 6.57 Å². The van der Waals surface area contributed by atoms with Gasteiger partial charge in [0.15, 0.2) is 23.2 Å². The van der Waals surface area contributed by atoms with Gasteiger partial charge in [-0.1, -0.05) is 152 Å². The van der Waals surface area contributed by atoms with Gasteiger partial charge >= 0.3 is 0 Å². The van der Waals surface area contributed by atoms with E-state index >= 15 is 0 Å². The summed E-state index contributed by atoms with van der Waals surface area (Å²) in [6.07, 6.45) is 0. The molecule has 48 heavy (non-hydrogen) atoms. The molecule has 0 bridgehead atoms. The molecule has 8 rings (SSSR count). The number of fused-ring (bicyclic) bond motifs is 1. The third-order valence-corrected chi connectivity index (χ3v) is 8.54. The van der Waals surface area contributed by atoms with Crippen LogP contribution in [0.4, 0.5) is 5.69 Å². The fourth-order valence-electron chi connectivity index (χ4n) is 6.19. The average Bonchev–Trinajstić information content (AvgIpc) is 3.18. The molecule has 4 heteroatoms. The highest BCUT2D eigenvalue weighted by Crippen LogP contribution is 2.38. The Labute approximate surface area is 279 Å². The second kappa shape index (κ2) is 12.6. The minimum atomic E-state index is 0.629. The molecule has 0 aliphatic carbocycles. The molecule has 0 spiro atoms. The molecule has 0 aliphatic rings. The monoisotopic (exact) mass is 612 g/mol. The molecule has 4 nitrogen and oxygen atoms in total. The second-order valence-corrected chi connectivity index (χ2v) is 11.6. The normalized spacial score (nSPS) is 10.9. The Morgan fingerprint density at radius 3 is 1.27 bits per heavy atom. The van der Waals surface area contributed by atoms with Crippen LogP contribution in [0, 0.1) is 6.57 Å². The van der Waals surface area contributed by atoms with Crippen molar-refractivity contribution in [3.05, 3.63) is 181 Å². The van der Waals surface area contributed by atoms with Crippen LogP contribution in [-0.2, 0) is 0 Å². The summed E-state index contributed by atoms with van der Waals surface area (Å²) in [5, 5.41) is 2.34. The van der Waals surface area contributed by atoms with E-state index in [1.165, 1.54) is 5.39 Å². The van der Waals surface area contributed by atoms with Crippen LogP contribution in [0.1, 0.15) is 0 Å². The summed E-state index contributed by atoms with van der Waals surface area (Å²) in [5.74, 6) is 1.91. The fraction of sp³-hybridized carbons (Fsp3) is 0. The van der Waals surface area contributed by atoms with E-state index in [0.717, 1.165) is 55.5 Å². The Morgan fingerprint density at radius 2 is 0.729 bits per heavy atom. The summed E-state index contributed by atoms with van der Waals surface area (Å²) >= 11 is 0. The van der Waals surface area contributed by atoms with E-state index in [1.54, 1.807) is 0 Å². The van der Waals surface area contributed by atoms with Crippen LogP contribution in [0.3, 0.4) is 0 Å². The summed E-state index contributed by atoms with van der Waals surface area (Å²) in [5.41, 5.74) is 10.1. The lowest BCUT2D eigenvalue weighted by Crippen LogP contribution is -2.00. The van der Waals surface area contributed by atoms with Crippen molar-refractivity contribution in [1.29, 1.82) is 0 Å². The van der Waals surface area contributed by atoms with Gasteiger partial charge in [0.25, 0.3) is 0 Å². The van der Waals surface area contributed by atoms with Crippen molar-refractivity contribution in [2.75, 3.05) is 0 Å². The van der Waals surface area contributed by atoms with Crippen molar-refractivity contribution >= 4 is 16.5 Å². The Balaban J connectivity index is 1.22. The van der Waals surface area contributed by atoms with Gasteiger partial charge in [-0.15, -0.1) is 0 Å². The van der Waals surface area contributed by atoms with Crippen LogP contribution in [0.25, 0.3) is 83.2 Å². The molecular formula is C44H28N4. The predicted octanol–water partition coefficient (Wildman–Crippen LogP) is 11.6. The summed E-state index contributed by atoms with van der Waals surface area (Å²) < 4.78 is 0. The summed E-state index contributed by atoms with van der Waals surface area (Å²) in [7, 11) is 0. The first-order valence-electron chi connectivity index (χ1n) is 15.8. The van der Waals surface area contributed by atoms with E-state index in [9.17, 15) is 0 Å². The molecule has 7 aromatic carbocycles. The summed E-state index contributed by atoms with van der Waals surface area (Å²) in [6, 6.07) is 57.9. The molecule has 1 heterocycles. The van der Waals surface area contributed by atoms with Gasteiger partial charge in [-0.3, -0.25) is 0 Å². The van der Waals surface area contributed by atoms with E-state index in [-0.39, 0.29) is 0 Å². The van der Waals surface area contributed by atoms with Crippen LogP contribution < -0.4 is 0 Å². The Kier molecular flexibility index (Phi) is 7.54. The standard InChI is InChI=1S/C44H28N4/c1-45-37-22-12-18-33(29-37)32-17-10-19-34(27-32)38-25-26-39(41-24-9-8-23-40(38)41)35-20-11-21-36(28-35)44-47-42(30-13-4-2-5-14-30)46-43(48-44)31-15-6-3-7-16-31/h2-29H. The van der Waals surface area contributed by atoms with Crippen molar-refractivity contribution in [2.24, 2.45) is 0 Å². The van der Waals surface area contributed by atoms with E-state index in [0.29, 0.717) is 23.2 Å². The lowest BCUT2D eigenvalue weighted by molar-refractivity contribution is 1.07. The lowest BCUT2D eigenvalue weighted by Gasteiger charge is -2.14. The molecule has 0 fully saturated rings. The topological polar surface area (TPSA) is 43.0 Å². The smallest absolute Gasteiger partial charge is 0.187 e. The van der Waals surface area contributed by atoms with Crippen molar-refractivity contribution in [2.45, 2.75) is 0 Å². The number of nitrogens with zero attached hydrogens (tertiary/aromatic N) is 4. The van der Waals surface area contributed by atoms with Crippen LogP contribution >= 0.6 is 0 Å². The molecule has 224 valence electrons. The van der Waals surface area contributed by atoms with Gasteiger partial charge < -0.3 is 0 Å². The number of hydrogen-bond acceptors (Lipinski definition) is 3. The van der Waals surface area contributed by atoms with Gasteiger partial charge in [0.2, 0.25) is 0 Å². The Morgan fingerprint density at radius 1 is 0.333 bits per heavy atom. The lowest BCUT2D eigenvalue weighted by atomic mass is 9.90. The first kappa shape index (κ1) is 28.8. The SMILES string of the molecule is [C-]#[N+]c1cccc(-c2cccc(-c3ccc(-c4cccc(-c5nc(-c6ccccc6)nc(-c6ccccc6)n5)c4)c4ccccc34)c2)c1. The Hall–Kier alpha value is -6.70. The number of hydrogen-bond donors (Lipinski definition) is 0. The van der Waals surface area contributed by atoms with Gasteiger partial charge in [-0.2, -0.15) is 0 Å². The molecule has 0 amide bonds. The molecule has 0 saturated carbocycles. The van der Waals surface area contributed by atoms with Gasteiger partial charge in [-0.25, -0.2) is 19.8 Å². The molecule has 8 aromatic rings. The van der Waals surface area contributed by atoms with Crippen LogP contribution in [0.15, 0.2) is 170 Å². The number of rotatable bonds is 6. The quantitative estimate of drug-likeness (QED) is 0.175. The van der Waals surface area contributed by atoms with Crippen LogP contribution in [0.5, 0.6) is 0 Å². The molecule has 0 radical (unpaired) electrons. The van der Waals surface area contributed by atoms with E-state index in [1.807, 2.05) is 78.9 Å². The zero-order chi connectivity index (χ0) is 32.3. The van der Waals surface area contributed by atoms with E-state index in [2.05, 4.69) is 95.8 Å². The fourth-order valence-corrected chi connectivity index (χ4v) is 6.19. The summed E-state index contributed by atoms with van der Waals surface area (Å²) in [4.78, 5) is 18.4. The molecule has 0 unspecified atom stereocenters. The predicted molar refractivity (Wildman–Crippen MR) is 196 cm³/mol. The first-order chi connectivity index (χ1) is 23.7. The van der Waals surface area contributed by atoms with Crippen molar-refractivity contribution in [1.82, 2.24) is 15.0 Å². The molecule has 1 aromatic heterocycles. The zero-order valence-corrected chi connectivity index (χ0v) is 26.0. The minimum Gasteiger partial charge on any atom is -0.238 e. The molecule has 0 atom stereocenters. The maximum Gasteiger partial charge on any atom is 0.187 e. The van der Waals surface area contributed by atoms with Crippen LogP contribution in [0.2, 0.25) is 0 Å². The highest BCUT2D eigenvalue weighted by molar-refractivity contribution is 6.05. The van der Waals surface area contributed by atoms with Crippen molar-refractivity contribution in [3.63, 3.8) is 0 Å². The maximum absolute atomic E-state index is 7.43. The summed E-state index contributed by atoms with van der Waals surface area (Å²) in [6.45, 7) is 7.43. The first-order valence-corrected chi connectivity index (χ1v) is 15.8. The number of benzene rings is 7. The van der Waals surface area contributed by atoms with Gasteiger partial charge in [0, 0.05) is 16.7 Å². The zero-order valence-electron chi connectivity index (χ0n) is 26.0. The third-order valence-electron chi connectivity index (χ3n) is 8.54. The van der Waals surface area contributed by atoms with Gasteiger partial charge in [-0.05, 0) is 62.4 Å². The van der Waals surface area contributed by atoms with E-state index in [4.69, 9.17) is 21.5 Å². The minimum absolute atomic E-state index is 0.629. The maximum atomic E-state index is 7.43. The Bertz CT molecular complexity index is 2400. The highest BCUT2D eigenvalue weighted by Gasteiger charge is 2.15. The number of aromatic nitrogens is 3. The molecule has 0 aliphatic heterocycles. The highest BCUT2D eigenvalue weighted by atomic mass is 15.0. The molecule has 0 N–H and O–H groups in total. The molecule has 0 saturated heterocycles. The molecular weight excluding hydrogens is 585 g/mol. The van der Waals surface area contributed by atoms with Crippen LogP contribution in [-0.4, -0.2) is 15.0 Å². The van der Waals surface area contributed by atoms with Crippen molar-refractivity contribution in [3.8, 4) is 67.5 Å².